The number of rotatable bonds is 5. The fraction of sp³-hybridized carbons (Fsp3) is 0.222. The van der Waals surface area contributed by atoms with E-state index in [2.05, 4.69) is 15.3 Å². The van der Waals surface area contributed by atoms with E-state index in [-0.39, 0.29) is 18.8 Å². The molecule has 1 fully saturated rings. The Morgan fingerprint density at radius 3 is 2.89 bits per heavy atom. The van der Waals surface area contributed by atoms with Crippen molar-refractivity contribution in [3.63, 3.8) is 0 Å². The quantitative estimate of drug-likeness (QED) is 0.486. The zero-order valence-corrected chi connectivity index (χ0v) is 13.9. The highest BCUT2D eigenvalue weighted by Crippen LogP contribution is 2.30. The van der Waals surface area contributed by atoms with Gasteiger partial charge in [0.25, 0.3) is 0 Å². The van der Waals surface area contributed by atoms with Gasteiger partial charge in [-0.2, -0.15) is 0 Å². The van der Waals surface area contributed by atoms with E-state index in [4.69, 9.17) is 14.4 Å². The van der Waals surface area contributed by atoms with Gasteiger partial charge in [-0.15, -0.1) is 0 Å². The minimum atomic E-state index is -2.79. The van der Waals surface area contributed by atoms with E-state index in [0.717, 1.165) is 0 Å². The molecule has 27 heavy (non-hydrogen) atoms. The van der Waals surface area contributed by atoms with E-state index in [1.807, 2.05) is 0 Å². The first kappa shape index (κ1) is 14.6. The summed E-state index contributed by atoms with van der Waals surface area (Å²) < 4.78 is 40.8. The predicted octanol–water partition coefficient (Wildman–Crippen LogP) is 3.90. The molecule has 1 atom stereocenters. The molecule has 2 aromatic rings. The van der Waals surface area contributed by atoms with Crippen LogP contribution in [-0.4, -0.2) is 31.2 Å². The second-order valence-corrected chi connectivity index (χ2v) is 5.73. The van der Waals surface area contributed by atoms with Gasteiger partial charge < -0.3 is 10.1 Å². The molecular weight excluding hydrogens is 353 g/mol. The number of carbonyl (C=O) groups excluding carboxylic acids is 2. The third-order valence-corrected chi connectivity index (χ3v) is 3.97. The van der Waals surface area contributed by atoms with E-state index in [9.17, 15) is 14.0 Å². The average Bonchev–Trinajstić information content (AvgIpc) is 3.07. The number of amides is 2. The number of hydrogen-bond acceptors (Lipinski definition) is 4. The zero-order chi connectivity index (χ0) is 21.9. The number of benzene rings is 2. The maximum Gasteiger partial charge on any atom is 0.414 e. The van der Waals surface area contributed by atoms with E-state index in [1.165, 1.54) is 17.0 Å². The second-order valence-electron chi connectivity index (χ2n) is 5.73. The maximum atomic E-state index is 14.7. The summed E-state index contributed by atoms with van der Waals surface area (Å²) in [5, 5.41) is 5.66. The number of azide groups is 1. The van der Waals surface area contributed by atoms with Crippen LogP contribution in [0.1, 0.15) is 11.0 Å². The lowest BCUT2D eigenvalue weighted by Crippen LogP contribution is -2.33. The molecule has 0 aliphatic carbocycles. The number of nitrogens with zero attached hydrogens (tertiary/aromatic N) is 4. The van der Waals surface area contributed by atoms with Crippen LogP contribution in [0.5, 0.6) is 0 Å². The van der Waals surface area contributed by atoms with Gasteiger partial charge in [0.2, 0.25) is 5.91 Å². The molecule has 3 rings (SSSR count). The molecule has 1 aliphatic rings. The molecule has 1 N–H and O–H groups in total. The van der Waals surface area contributed by atoms with Gasteiger partial charge in [0, 0.05) is 27.1 Å². The number of anilines is 1. The SMILES string of the molecule is [3H]C([3H])([3H])C(=O)NC[C@H]1CN(c2ccc(-c3ccc(N=[N+]=[N-])cc3)c(F)c2)C(=O)O1. The van der Waals surface area contributed by atoms with Crippen LogP contribution in [0.15, 0.2) is 47.6 Å². The number of halogens is 1. The predicted molar refractivity (Wildman–Crippen MR) is 96.9 cm³/mol. The number of cyclic esters (lactones) is 1. The molecule has 8 nitrogen and oxygen atoms in total. The van der Waals surface area contributed by atoms with Gasteiger partial charge in [-0.25, -0.2) is 9.18 Å². The summed E-state index contributed by atoms with van der Waals surface area (Å²) in [6.45, 7) is -2.93. The minimum Gasteiger partial charge on any atom is -0.442 e. The number of carbonyl (C=O) groups is 2. The molecule has 0 spiro atoms. The molecule has 2 amide bonds. The Morgan fingerprint density at radius 2 is 2.22 bits per heavy atom. The van der Waals surface area contributed by atoms with Gasteiger partial charge in [-0.1, -0.05) is 29.4 Å². The summed E-state index contributed by atoms with van der Waals surface area (Å²) >= 11 is 0. The number of hydrogen-bond donors (Lipinski definition) is 1. The van der Waals surface area contributed by atoms with Crippen molar-refractivity contribution in [1.82, 2.24) is 5.32 Å². The molecular formula is C18H16FN5O3. The fourth-order valence-corrected chi connectivity index (χ4v) is 2.71. The summed E-state index contributed by atoms with van der Waals surface area (Å²) in [6.07, 6.45) is -1.49. The van der Waals surface area contributed by atoms with Crippen molar-refractivity contribution >= 4 is 23.4 Å². The van der Waals surface area contributed by atoms with Crippen molar-refractivity contribution < 1.29 is 22.8 Å². The molecule has 0 aromatic heterocycles. The summed E-state index contributed by atoms with van der Waals surface area (Å²) in [6, 6.07) is 10.6. The van der Waals surface area contributed by atoms with Gasteiger partial charge in [0.05, 0.1) is 18.8 Å². The first-order chi connectivity index (χ1) is 14.2. The summed E-state index contributed by atoms with van der Waals surface area (Å²) in [7, 11) is 0. The molecule has 0 unspecified atom stereocenters. The van der Waals surface area contributed by atoms with Gasteiger partial charge >= 0.3 is 6.09 Å². The first-order valence-corrected chi connectivity index (χ1v) is 7.90. The lowest BCUT2D eigenvalue weighted by Gasteiger charge is -2.14. The van der Waals surface area contributed by atoms with Gasteiger partial charge in [-0.3, -0.25) is 9.69 Å². The molecule has 9 heteroatoms. The minimum absolute atomic E-state index is 0.0275. The molecule has 1 saturated heterocycles. The van der Waals surface area contributed by atoms with Crippen molar-refractivity contribution in [3.05, 3.63) is 58.7 Å². The van der Waals surface area contributed by atoms with Gasteiger partial charge in [0.1, 0.15) is 11.9 Å². The topological polar surface area (TPSA) is 107 Å². The van der Waals surface area contributed by atoms with Crippen molar-refractivity contribution in [2.45, 2.75) is 13.0 Å². The van der Waals surface area contributed by atoms with Crippen LogP contribution >= 0.6 is 0 Å². The lowest BCUT2D eigenvalue weighted by atomic mass is 10.0. The maximum absolute atomic E-state index is 14.7. The van der Waals surface area contributed by atoms with Crippen molar-refractivity contribution in [2.75, 3.05) is 18.0 Å². The molecule has 138 valence electrons. The van der Waals surface area contributed by atoms with E-state index < -0.39 is 30.8 Å². The van der Waals surface area contributed by atoms with Crippen LogP contribution in [0, 0.1) is 5.82 Å². The van der Waals surface area contributed by atoms with Crippen molar-refractivity contribution in [1.29, 1.82) is 0 Å². The van der Waals surface area contributed by atoms with Crippen LogP contribution in [0.2, 0.25) is 0 Å². The summed E-state index contributed by atoms with van der Waals surface area (Å²) in [5.74, 6) is -1.71. The Bertz CT molecular complexity index is 1020. The van der Waals surface area contributed by atoms with E-state index in [1.54, 1.807) is 30.3 Å². The largest absolute Gasteiger partial charge is 0.442 e. The lowest BCUT2D eigenvalue weighted by molar-refractivity contribution is -0.119. The Morgan fingerprint density at radius 1 is 1.44 bits per heavy atom. The summed E-state index contributed by atoms with van der Waals surface area (Å²) in [5.41, 5.74) is 9.94. The fourth-order valence-electron chi connectivity index (χ4n) is 2.71. The van der Waals surface area contributed by atoms with Crippen molar-refractivity contribution in [2.24, 2.45) is 5.11 Å². The van der Waals surface area contributed by atoms with Crippen LogP contribution in [-0.2, 0) is 9.53 Å². The highest BCUT2D eigenvalue weighted by atomic mass is 19.1. The molecule has 0 bridgehead atoms. The molecule has 1 heterocycles. The summed E-state index contributed by atoms with van der Waals surface area (Å²) in [4.78, 5) is 27.4. The molecule has 2 aromatic carbocycles. The third-order valence-electron chi connectivity index (χ3n) is 3.97. The number of ether oxygens (including phenoxy) is 1. The van der Waals surface area contributed by atoms with E-state index in [0.29, 0.717) is 16.8 Å². The van der Waals surface area contributed by atoms with Crippen LogP contribution < -0.4 is 10.2 Å². The Kier molecular flexibility index (Phi) is 4.19. The Balaban J connectivity index is 1.70. The van der Waals surface area contributed by atoms with Crippen LogP contribution in [0.4, 0.5) is 20.6 Å². The standard InChI is InChI=1S/C18H16FN5O3/c1-11(25)21-9-15-10-24(18(26)27-15)14-6-7-16(17(19)8-14)12-2-4-13(5-3-12)22-23-20/h2-8,15H,9-10H2,1H3,(H,21,25)/t15-/m0/s1/i1T3. The number of nitrogens with one attached hydrogen (secondary N) is 1. The van der Waals surface area contributed by atoms with Crippen LogP contribution in [0.3, 0.4) is 0 Å². The third kappa shape index (κ3) is 4.16. The molecule has 0 radical (unpaired) electrons. The monoisotopic (exact) mass is 375 g/mol. The first-order valence-electron chi connectivity index (χ1n) is 9.40. The smallest absolute Gasteiger partial charge is 0.414 e. The highest BCUT2D eigenvalue weighted by Gasteiger charge is 2.32. The van der Waals surface area contributed by atoms with Crippen molar-refractivity contribution in [3.8, 4) is 11.1 Å². The molecule has 0 saturated carbocycles. The van der Waals surface area contributed by atoms with E-state index >= 15 is 0 Å². The Labute approximate surface area is 158 Å². The molecule has 1 aliphatic heterocycles. The average molecular weight is 375 g/mol. The second kappa shape index (κ2) is 7.76. The van der Waals surface area contributed by atoms with Gasteiger partial charge in [0.15, 0.2) is 0 Å². The zero-order valence-electron chi connectivity index (χ0n) is 16.9. The highest BCUT2D eigenvalue weighted by molar-refractivity contribution is 5.90. The van der Waals surface area contributed by atoms with Crippen LogP contribution in [0.25, 0.3) is 21.6 Å². The Hall–Kier alpha value is -3.58. The normalized spacial score (nSPS) is 18.0. The van der Waals surface area contributed by atoms with Gasteiger partial charge in [-0.05, 0) is 29.3 Å².